The Bertz CT molecular complexity index is 787. The summed E-state index contributed by atoms with van der Waals surface area (Å²) in [5.41, 5.74) is 1.88. The standard InChI is InChI=1S/C18H17Cl4N3S/c19-13-2-1-12(17(22)10-13)11-24-3-5-25(6-4-24)18(26)23-16-8-14(20)7-15(21)9-16/h1-2,7-10H,3-6,11H2,(H,23,26). The summed E-state index contributed by atoms with van der Waals surface area (Å²) in [4.78, 5) is 4.49. The highest BCUT2D eigenvalue weighted by molar-refractivity contribution is 7.80. The van der Waals surface area contributed by atoms with E-state index >= 15 is 0 Å². The van der Waals surface area contributed by atoms with Crippen LogP contribution in [0.15, 0.2) is 36.4 Å². The van der Waals surface area contributed by atoms with Gasteiger partial charge in [-0.2, -0.15) is 0 Å². The van der Waals surface area contributed by atoms with Crippen molar-refractivity contribution in [1.82, 2.24) is 9.80 Å². The summed E-state index contributed by atoms with van der Waals surface area (Å²) in [7, 11) is 0. The van der Waals surface area contributed by atoms with E-state index < -0.39 is 0 Å². The predicted octanol–water partition coefficient (Wildman–Crippen LogP) is 5.81. The summed E-state index contributed by atoms with van der Waals surface area (Å²) in [5.74, 6) is 0. The van der Waals surface area contributed by atoms with Gasteiger partial charge in [-0.15, -0.1) is 0 Å². The van der Waals surface area contributed by atoms with E-state index in [0.29, 0.717) is 25.2 Å². The van der Waals surface area contributed by atoms with E-state index in [-0.39, 0.29) is 0 Å². The monoisotopic (exact) mass is 447 g/mol. The molecule has 1 heterocycles. The first-order valence-electron chi connectivity index (χ1n) is 8.09. The Hall–Kier alpha value is -0.750. The Morgan fingerprint density at radius 2 is 1.54 bits per heavy atom. The van der Waals surface area contributed by atoms with Crippen LogP contribution in [0.3, 0.4) is 0 Å². The first-order valence-corrected chi connectivity index (χ1v) is 10.0. The molecule has 8 heteroatoms. The Morgan fingerprint density at radius 1 is 0.885 bits per heavy atom. The number of hydrogen-bond acceptors (Lipinski definition) is 2. The average Bonchev–Trinajstić information content (AvgIpc) is 2.57. The summed E-state index contributed by atoms with van der Waals surface area (Å²) >= 11 is 29.8. The third kappa shape index (κ3) is 5.38. The minimum absolute atomic E-state index is 0.576. The van der Waals surface area contributed by atoms with Gasteiger partial charge >= 0.3 is 0 Å². The Kier molecular flexibility index (Phi) is 6.89. The van der Waals surface area contributed by atoms with Crippen LogP contribution >= 0.6 is 58.6 Å². The molecule has 0 atom stereocenters. The number of anilines is 1. The second kappa shape index (κ2) is 8.96. The highest BCUT2D eigenvalue weighted by atomic mass is 35.5. The predicted molar refractivity (Wildman–Crippen MR) is 116 cm³/mol. The van der Waals surface area contributed by atoms with Crippen LogP contribution in [0.4, 0.5) is 5.69 Å². The highest BCUT2D eigenvalue weighted by Gasteiger charge is 2.20. The molecule has 0 amide bonds. The molecule has 0 radical (unpaired) electrons. The van der Waals surface area contributed by atoms with Gasteiger partial charge in [0.15, 0.2) is 5.11 Å². The van der Waals surface area contributed by atoms with Crippen LogP contribution in [0.25, 0.3) is 0 Å². The summed E-state index contributed by atoms with van der Waals surface area (Å²) in [6.07, 6.45) is 0. The molecule has 0 aliphatic carbocycles. The second-order valence-corrected chi connectivity index (χ2v) is 8.19. The Labute approximate surface area is 178 Å². The molecule has 2 aromatic carbocycles. The fraction of sp³-hybridized carbons (Fsp3) is 0.278. The maximum atomic E-state index is 6.27. The minimum Gasteiger partial charge on any atom is -0.346 e. The Balaban J connectivity index is 1.53. The first-order chi connectivity index (χ1) is 12.4. The van der Waals surface area contributed by atoms with Crippen molar-refractivity contribution in [2.45, 2.75) is 6.54 Å². The normalized spacial score (nSPS) is 15.2. The molecule has 0 unspecified atom stereocenters. The summed E-state index contributed by atoms with van der Waals surface area (Å²) in [5, 5.41) is 6.39. The topological polar surface area (TPSA) is 18.5 Å². The van der Waals surface area contributed by atoms with Crippen LogP contribution in [0, 0.1) is 0 Å². The van der Waals surface area contributed by atoms with Crippen molar-refractivity contribution >= 4 is 69.4 Å². The van der Waals surface area contributed by atoms with Gasteiger partial charge in [0.25, 0.3) is 0 Å². The van der Waals surface area contributed by atoms with Gasteiger partial charge in [0.05, 0.1) is 0 Å². The molecule has 1 N–H and O–H groups in total. The van der Waals surface area contributed by atoms with Crippen molar-refractivity contribution in [2.24, 2.45) is 0 Å². The molecule has 1 aliphatic heterocycles. The molecule has 138 valence electrons. The molecule has 2 aromatic rings. The fourth-order valence-corrected chi connectivity index (χ4v) is 4.12. The summed E-state index contributed by atoms with van der Waals surface area (Å²) in [6, 6.07) is 10.9. The van der Waals surface area contributed by atoms with Crippen molar-refractivity contribution < 1.29 is 0 Å². The van der Waals surface area contributed by atoms with Gasteiger partial charge in [0.1, 0.15) is 0 Å². The van der Waals surface area contributed by atoms with Gasteiger partial charge in [-0.1, -0.05) is 52.5 Å². The van der Waals surface area contributed by atoms with Gasteiger partial charge in [-0.25, -0.2) is 0 Å². The van der Waals surface area contributed by atoms with Gasteiger partial charge in [-0.3, -0.25) is 4.90 Å². The van der Waals surface area contributed by atoms with Crippen LogP contribution in [0.2, 0.25) is 20.1 Å². The lowest BCUT2D eigenvalue weighted by Crippen LogP contribution is -2.49. The van der Waals surface area contributed by atoms with Crippen LogP contribution < -0.4 is 5.32 Å². The number of nitrogens with one attached hydrogen (secondary N) is 1. The SMILES string of the molecule is S=C(Nc1cc(Cl)cc(Cl)c1)N1CCN(Cc2ccc(Cl)cc2Cl)CC1. The quantitative estimate of drug-likeness (QED) is 0.596. The number of rotatable bonds is 3. The molecule has 1 aliphatic rings. The number of halogens is 4. The average molecular weight is 449 g/mol. The van der Waals surface area contributed by atoms with Crippen LogP contribution in [0.5, 0.6) is 0 Å². The number of thiocarbonyl (C=S) groups is 1. The Morgan fingerprint density at radius 3 is 2.15 bits per heavy atom. The summed E-state index contributed by atoms with van der Waals surface area (Å²) < 4.78 is 0. The van der Waals surface area contributed by atoms with Crippen molar-refractivity contribution in [3.8, 4) is 0 Å². The molecule has 1 saturated heterocycles. The van der Waals surface area contributed by atoms with Gasteiger partial charge < -0.3 is 10.2 Å². The zero-order valence-electron chi connectivity index (χ0n) is 13.8. The molecule has 3 nitrogen and oxygen atoms in total. The first kappa shape index (κ1) is 20.0. The third-order valence-corrected chi connectivity index (χ3v) is 5.57. The van der Waals surface area contributed by atoms with Gasteiger partial charge in [0.2, 0.25) is 0 Å². The third-order valence-electron chi connectivity index (χ3n) is 4.18. The van der Waals surface area contributed by atoms with E-state index in [0.717, 1.165) is 44.0 Å². The molecule has 1 fully saturated rings. The van der Waals surface area contributed by atoms with Crippen molar-refractivity contribution in [2.75, 3.05) is 31.5 Å². The van der Waals surface area contributed by atoms with Crippen LogP contribution in [-0.2, 0) is 6.54 Å². The smallest absolute Gasteiger partial charge is 0.173 e. The molecule has 3 rings (SSSR count). The highest BCUT2D eigenvalue weighted by Crippen LogP contribution is 2.24. The lowest BCUT2D eigenvalue weighted by atomic mass is 10.2. The number of hydrogen-bond donors (Lipinski definition) is 1. The number of benzene rings is 2. The maximum absolute atomic E-state index is 6.27. The zero-order chi connectivity index (χ0) is 18.7. The zero-order valence-corrected chi connectivity index (χ0v) is 17.7. The van der Waals surface area contributed by atoms with E-state index in [1.807, 2.05) is 12.1 Å². The van der Waals surface area contributed by atoms with E-state index in [4.69, 9.17) is 58.6 Å². The second-order valence-electron chi connectivity index (χ2n) is 6.09. The minimum atomic E-state index is 0.576. The lowest BCUT2D eigenvalue weighted by molar-refractivity contribution is 0.177. The van der Waals surface area contributed by atoms with Crippen molar-refractivity contribution in [3.63, 3.8) is 0 Å². The van der Waals surface area contributed by atoms with E-state index in [1.54, 1.807) is 24.3 Å². The van der Waals surface area contributed by atoms with Crippen molar-refractivity contribution in [1.29, 1.82) is 0 Å². The maximum Gasteiger partial charge on any atom is 0.173 e. The summed E-state index contributed by atoms with van der Waals surface area (Å²) in [6.45, 7) is 4.28. The molecule has 0 saturated carbocycles. The molecule has 0 spiro atoms. The van der Waals surface area contributed by atoms with E-state index in [1.165, 1.54) is 0 Å². The lowest BCUT2D eigenvalue weighted by Gasteiger charge is -2.36. The molecule has 26 heavy (non-hydrogen) atoms. The molecular weight excluding hydrogens is 432 g/mol. The molecular formula is C18H17Cl4N3S. The van der Waals surface area contributed by atoms with Crippen LogP contribution in [0.1, 0.15) is 5.56 Å². The van der Waals surface area contributed by atoms with Gasteiger partial charge in [0, 0.05) is 58.5 Å². The van der Waals surface area contributed by atoms with E-state index in [9.17, 15) is 0 Å². The number of piperazine rings is 1. The van der Waals surface area contributed by atoms with Crippen LogP contribution in [-0.4, -0.2) is 41.1 Å². The van der Waals surface area contributed by atoms with E-state index in [2.05, 4.69) is 15.1 Å². The largest absolute Gasteiger partial charge is 0.346 e. The molecule has 0 aromatic heterocycles. The molecule has 0 bridgehead atoms. The van der Waals surface area contributed by atoms with Crippen molar-refractivity contribution in [3.05, 3.63) is 62.1 Å². The fourth-order valence-electron chi connectivity index (χ4n) is 2.83. The number of nitrogens with zero attached hydrogens (tertiary/aromatic N) is 2. The van der Waals surface area contributed by atoms with Gasteiger partial charge in [-0.05, 0) is 48.1 Å².